The number of aromatic nitrogens is 1. The van der Waals surface area contributed by atoms with Crippen molar-refractivity contribution < 1.29 is 9.18 Å². The summed E-state index contributed by atoms with van der Waals surface area (Å²) in [5, 5.41) is 5.33. The van der Waals surface area contributed by atoms with Gasteiger partial charge in [-0.3, -0.25) is 15.0 Å². The number of thiazole rings is 1. The highest BCUT2D eigenvalue weighted by molar-refractivity contribution is 9.10. The average Bonchev–Trinajstić information content (AvgIpc) is 2.96. The molecule has 1 fully saturated rings. The van der Waals surface area contributed by atoms with Gasteiger partial charge in [0, 0.05) is 16.4 Å². The molecule has 0 bridgehead atoms. The third-order valence-corrected chi connectivity index (χ3v) is 5.67. The summed E-state index contributed by atoms with van der Waals surface area (Å²) in [6.45, 7) is 5.31. The van der Waals surface area contributed by atoms with E-state index in [0.29, 0.717) is 15.2 Å². The fraction of sp³-hybridized carbons (Fsp3) is 0.412. The maximum Gasteiger partial charge on any atom is 0.258 e. The molecule has 0 unspecified atom stereocenters. The van der Waals surface area contributed by atoms with Gasteiger partial charge in [0.25, 0.3) is 5.91 Å². The molecule has 2 heterocycles. The van der Waals surface area contributed by atoms with E-state index in [0.717, 1.165) is 31.2 Å². The fourth-order valence-corrected chi connectivity index (χ4v) is 3.95. The molecule has 0 aliphatic carbocycles. The number of likely N-dealkylation sites (tertiary alicyclic amines) is 1. The molecule has 1 amide bonds. The van der Waals surface area contributed by atoms with Gasteiger partial charge in [-0.05, 0) is 66.0 Å². The van der Waals surface area contributed by atoms with Crippen LogP contribution in [0.25, 0.3) is 0 Å². The lowest BCUT2D eigenvalue weighted by Gasteiger charge is -2.29. The standard InChI is InChI=1S/C17H19BrFN3OS/c1-11-4-6-22(7-5-11)9-13-10-24-17(20-13)21-16(23)14-3-2-12(19)8-15(14)18/h2-3,8,10-11H,4-7,9H2,1H3,(H,20,21,23). The average molecular weight is 412 g/mol. The number of anilines is 1. The number of carbonyl (C=O) groups excluding carboxylic acids is 1. The zero-order chi connectivity index (χ0) is 17.1. The minimum absolute atomic E-state index is 0.297. The number of halogens is 2. The zero-order valence-corrected chi connectivity index (χ0v) is 15.8. The van der Waals surface area contributed by atoms with Crippen molar-refractivity contribution >= 4 is 38.3 Å². The highest BCUT2D eigenvalue weighted by atomic mass is 79.9. The minimum atomic E-state index is -0.384. The van der Waals surface area contributed by atoms with Crippen molar-refractivity contribution in [3.63, 3.8) is 0 Å². The molecule has 7 heteroatoms. The molecule has 0 saturated carbocycles. The lowest BCUT2D eigenvalue weighted by Crippen LogP contribution is -2.32. The second-order valence-electron chi connectivity index (χ2n) is 6.18. The third-order valence-electron chi connectivity index (χ3n) is 4.21. The summed E-state index contributed by atoms with van der Waals surface area (Å²) >= 11 is 4.62. The monoisotopic (exact) mass is 411 g/mol. The Morgan fingerprint density at radius 1 is 1.46 bits per heavy atom. The molecule has 24 heavy (non-hydrogen) atoms. The molecule has 128 valence electrons. The van der Waals surface area contributed by atoms with Crippen LogP contribution in [0.1, 0.15) is 35.8 Å². The Morgan fingerprint density at radius 3 is 2.92 bits per heavy atom. The smallest absolute Gasteiger partial charge is 0.258 e. The van der Waals surface area contributed by atoms with Gasteiger partial charge in [-0.2, -0.15) is 0 Å². The highest BCUT2D eigenvalue weighted by Crippen LogP contribution is 2.23. The van der Waals surface area contributed by atoms with Gasteiger partial charge in [-0.15, -0.1) is 11.3 Å². The van der Waals surface area contributed by atoms with Crippen molar-refractivity contribution in [3.8, 4) is 0 Å². The predicted octanol–water partition coefficient (Wildman–Crippen LogP) is 4.53. The summed E-state index contributed by atoms with van der Waals surface area (Å²) in [6, 6.07) is 4.00. The Morgan fingerprint density at radius 2 is 2.21 bits per heavy atom. The van der Waals surface area contributed by atoms with Crippen molar-refractivity contribution in [2.75, 3.05) is 18.4 Å². The topological polar surface area (TPSA) is 45.2 Å². The Bertz CT molecular complexity index is 728. The summed E-state index contributed by atoms with van der Waals surface area (Å²) in [5.41, 5.74) is 1.36. The highest BCUT2D eigenvalue weighted by Gasteiger charge is 2.17. The fourth-order valence-electron chi connectivity index (χ4n) is 2.72. The van der Waals surface area contributed by atoms with Gasteiger partial charge in [0.15, 0.2) is 5.13 Å². The molecule has 2 aromatic rings. The lowest BCUT2D eigenvalue weighted by atomic mass is 9.99. The van der Waals surface area contributed by atoms with Crippen LogP contribution in [0.4, 0.5) is 9.52 Å². The number of amides is 1. The van der Waals surface area contributed by atoms with Gasteiger partial charge in [-0.25, -0.2) is 9.37 Å². The maximum atomic E-state index is 13.1. The molecule has 0 radical (unpaired) electrons. The number of benzene rings is 1. The first-order chi connectivity index (χ1) is 11.5. The molecular formula is C17H19BrFN3OS. The van der Waals surface area contributed by atoms with Gasteiger partial charge >= 0.3 is 0 Å². The molecule has 1 aliphatic rings. The van der Waals surface area contributed by atoms with E-state index in [4.69, 9.17) is 0 Å². The Balaban J connectivity index is 1.60. The Hall–Kier alpha value is -1.31. The molecule has 3 rings (SSSR count). The van der Waals surface area contributed by atoms with E-state index in [9.17, 15) is 9.18 Å². The van der Waals surface area contributed by atoms with Crippen LogP contribution in [0.5, 0.6) is 0 Å². The molecule has 1 aromatic heterocycles. The Kier molecular flexibility index (Phi) is 5.63. The first kappa shape index (κ1) is 17.5. The van der Waals surface area contributed by atoms with Gasteiger partial charge in [0.1, 0.15) is 5.82 Å². The van der Waals surface area contributed by atoms with Crippen molar-refractivity contribution in [3.05, 3.63) is 45.1 Å². The largest absolute Gasteiger partial charge is 0.298 e. The maximum absolute atomic E-state index is 13.1. The van der Waals surface area contributed by atoms with E-state index in [1.54, 1.807) is 0 Å². The molecule has 1 aliphatic heterocycles. The SMILES string of the molecule is CC1CCN(Cc2csc(NC(=O)c3ccc(F)cc3Br)n2)CC1. The summed E-state index contributed by atoms with van der Waals surface area (Å²) in [5.74, 6) is 0.126. The first-order valence-corrected chi connectivity index (χ1v) is 9.61. The number of hydrogen-bond acceptors (Lipinski definition) is 4. The normalized spacial score (nSPS) is 16.3. The summed E-state index contributed by atoms with van der Waals surface area (Å²) in [7, 11) is 0. The van der Waals surface area contributed by atoms with Crippen LogP contribution in [0.2, 0.25) is 0 Å². The lowest BCUT2D eigenvalue weighted by molar-refractivity contribution is 0.102. The number of carbonyl (C=O) groups is 1. The van der Waals surface area contributed by atoms with Crippen LogP contribution in [0, 0.1) is 11.7 Å². The molecule has 1 N–H and O–H groups in total. The van der Waals surface area contributed by atoms with Crippen LogP contribution in [-0.4, -0.2) is 28.9 Å². The number of hydrogen-bond donors (Lipinski definition) is 1. The number of rotatable bonds is 4. The molecule has 1 saturated heterocycles. The third kappa shape index (κ3) is 4.40. The van der Waals surface area contributed by atoms with Gasteiger partial charge in [0.05, 0.1) is 11.3 Å². The molecule has 4 nitrogen and oxygen atoms in total. The molecule has 0 atom stereocenters. The van der Waals surface area contributed by atoms with Crippen LogP contribution in [0.3, 0.4) is 0 Å². The Labute approximate surface area is 153 Å². The summed E-state index contributed by atoms with van der Waals surface area (Å²) in [4.78, 5) is 19.2. The quantitative estimate of drug-likeness (QED) is 0.803. The van der Waals surface area contributed by atoms with Gasteiger partial charge < -0.3 is 0 Å². The second kappa shape index (κ2) is 7.72. The van der Waals surface area contributed by atoms with E-state index in [1.165, 1.54) is 42.4 Å². The van der Waals surface area contributed by atoms with Crippen molar-refractivity contribution in [1.29, 1.82) is 0 Å². The number of nitrogens with zero attached hydrogens (tertiary/aromatic N) is 2. The van der Waals surface area contributed by atoms with Gasteiger partial charge in [-0.1, -0.05) is 6.92 Å². The van der Waals surface area contributed by atoms with E-state index in [2.05, 4.69) is 38.1 Å². The van der Waals surface area contributed by atoms with Crippen LogP contribution in [-0.2, 0) is 6.54 Å². The van der Waals surface area contributed by atoms with Crippen molar-refractivity contribution in [1.82, 2.24) is 9.88 Å². The van der Waals surface area contributed by atoms with E-state index >= 15 is 0 Å². The van der Waals surface area contributed by atoms with E-state index in [-0.39, 0.29) is 11.7 Å². The zero-order valence-electron chi connectivity index (χ0n) is 13.4. The minimum Gasteiger partial charge on any atom is -0.298 e. The van der Waals surface area contributed by atoms with E-state index in [1.807, 2.05) is 5.38 Å². The second-order valence-corrected chi connectivity index (χ2v) is 7.89. The van der Waals surface area contributed by atoms with Crippen LogP contribution < -0.4 is 5.32 Å². The van der Waals surface area contributed by atoms with Crippen molar-refractivity contribution in [2.24, 2.45) is 5.92 Å². The first-order valence-electron chi connectivity index (χ1n) is 7.94. The van der Waals surface area contributed by atoms with Crippen molar-refractivity contribution in [2.45, 2.75) is 26.3 Å². The van der Waals surface area contributed by atoms with Gasteiger partial charge in [0.2, 0.25) is 0 Å². The van der Waals surface area contributed by atoms with Crippen LogP contribution in [0.15, 0.2) is 28.1 Å². The molecule has 0 spiro atoms. The number of nitrogens with one attached hydrogen (secondary N) is 1. The molecule has 1 aromatic carbocycles. The predicted molar refractivity (Wildman–Crippen MR) is 97.8 cm³/mol. The number of piperidine rings is 1. The summed E-state index contributed by atoms with van der Waals surface area (Å²) in [6.07, 6.45) is 2.46. The van der Waals surface area contributed by atoms with Crippen LogP contribution >= 0.6 is 27.3 Å². The van der Waals surface area contributed by atoms with E-state index < -0.39 is 0 Å². The summed E-state index contributed by atoms with van der Waals surface area (Å²) < 4.78 is 13.5. The molecular weight excluding hydrogens is 393 g/mol.